The number of methoxy groups -OCH3 is 2. The van der Waals surface area contributed by atoms with Crippen molar-refractivity contribution >= 4 is 21.7 Å². The quantitative estimate of drug-likeness (QED) is 0.596. The Labute approximate surface area is 115 Å². The summed E-state index contributed by atoms with van der Waals surface area (Å²) in [5.41, 5.74) is 5.33. The summed E-state index contributed by atoms with van der Waals surface area (Å²) in [6.45, 7) is 1.30. The molecule has 0 spiro atoms. The van der Waals surface area contributed by atoms with Crippen molar-refractivity contribution in [3.05, 3.63) is 17.9 Å². The Balaban J connectivity index is 3.14. The predicted octanol–water partition coefficient (Wildman–Crippen LogP) is 0.256. The number of carbonyl (C=O) groups excluding carboxylic acids is 1. The first kappa shape index (κ1) is 16.2. The number of ether oxygens (including phenoxy) is 2. The lowest BCUT2D eigenvalue weighted by Gasteiger charge is -2.13. The number of rotatable bonds is 5. The standard InChI is InChI=1S/C11H15FN2O5S/c1-6(11(15)19-3)14-20(16,17)7-4-8(12)10(18-2)9(13)5-7/h4-6,14H,13H2,1-3H3. The van der Waals surface area contributed by atoms with E-state index >= 15 is 0 Å². The van der Waals surface area contributed by atoms with Crippen LogP contribution in [0.3, 0.4) is 0 Å². The van der Waals surface area contributed by atoms with Crippen molar-refractivity contribution in [2.24, 2.45) is 0 Å². The Morgan fingerprint density at radius 1 is 1.40 bits per heavy atom. The molecular formula is C11H15FN2O5S. The van der Waals surface area contributed by atoms with Crippen LogP contribution in [0.4, 0.5) is 10.1 Å². The molecule has 0 saturated heterocycles. The lowest BCUT2D eigenvalue weighted by atomic mass is 10.3. The van der Waals surface area contributed by atoms with E-state index in [1.807, 2.05) is 4.72 Å². The van der Waals surface area contributed by atoms with Gasteiger partial charge in [-0.15, -0.1) is 0 Å². The first-order valence-electron chi connectivity index (χ1n) is 5.46. The van der Waals surface area contributed by atoms with E-state index in [0.29, 0.717) is 0 Å². The van der Waals surface area contributed by atoms with Gasteiger partial charge in [0.15, 0.2) is 11.6 Å². The number of nitrogens with two attached hydrogens (primary N) is 1. The van der Waals surface area contributed by atoms with Crippen LogP contribution in [0, 0.1) is 5.82 Å². The van der Waals surface area contributed by atoms with Gasteiger partial charge in [-0.05, 0) is 19.1 Å². The minimum Gasteiger partial charge on any atom is -0.492 e. The number of nitrogen functional groups attached to an aromatic ring is 1. The lowest BCUT2D eigenvalue weighted by molar-refractivity contribution is -0.142. The molecule has 1 atom stereocenters. The number of hydrogen-bond donors (Lipinski definition) is 2. The van der Waals surface area contributed by atoms with E-state index in [4.69, 9.17) is 10.5 Å². The summed E-state index contributed by atoms with van der Waals surface area (Å²) in [4.78, 5) is 10.8. The Hall–Kier alpha value is -1.87. The van der Waals surface area contributed by atoms with E-state index in [2.05, 4.69) is 4.74 Å². The number of anilines is 1. The van der Waals surface area contributed by atoms with E-state index in [-0.39, 0.29) is 11.4 Å². The fraction of sp³-hybridized carbons (Fsp3) is 0.364. The maximum absolute atomic E-state index is 13.6. The Morgan fingerprint density at radius 2 is 2.00 bits per heavy atom. The van der Waals surface area contributed by atoms with Crippen LogP contribution in [0.25, 0.3) is 0 Å². The fourth-order valence-corrected chi connectivity index (χ4v) is 2.72. The van der Waals surface area contributed by atoms with E-state index in [9.17, 15) is 17.6 Å². The average Bonchev–Trinajstić information content (AvgIpc) is 2.36. The molecule has 9 heteroatoms. The van der Waals surface area contributed by atoms with E-state index in [1.54, 1.807) is 0 Å². The van der Waals surface area contributed by atoms with Gasteiger partial charge in [0, 0.05) is 0 Å². The molecule has 0 aliphatic heterocycles. The number of halogens is 1. The topological polar surface area (TPSA) is 108 Å². The molecule has 0 aliphatic carbocycles. The normalized spacial score (nSPS) is 12.8. The molecule has 0 heterocycles. The van der Waals surface area contributed by atoms with E-state index < -0.39 is 32.7 Å². The third-order valence-electron chi connectivity index (χ3n) is 2.45. The SMILES string of the molecule is COC(=O)C(C)NS(=O)(=O)c1cc(N)c(OC)c(F)c1. The molecule has 1 rings (SSSR count). The molecular weight excluding hydrogens is 291 g/mol. The maximum atomic E-state index is 13.6. The number of benzene rings is 1. The van der Waals surface area contributed by atoms with Gasteiger partial charge in [0.25, 0.3) is 0 Å². The zero-order valence-electron chi connectivity index (χ0n) is 11.1. The summed E-state index contributed by atoms with van der Waals surface area (Å²) in [6.07, 6.45) is 0. The minimum absolute atomic E-state index is 0.168. The highest BCUT2D eigenvalue weighted by Gasteiger charge is 2.24. The molecule has 3 N–H and O–H groups in total. The van der Waals surface area contributed by atoms with Gasteiger partial charge in [-0.1, -0.05) is 0 Å². The molecule has 1 aromatic carbocycles. The molecule has 1 unspecified atom stereocenters. The largest absolute Gasteiger partial charge is 0.492 e. The number of sulfonamides is 1. The molecule has 0 fully saturated rings. The van der Waals surface area contributed by atoms with Crippen molar-refractivity contribution in [1.82, 2.24) is 4.72 Å². The van der Waals surface area contributed by atoms with Crippen LogP contribution >= 0.6 is 0 Å². The molecule has 0 bridgehead atoms. The van der Waals surface area contributed by atoms with Crippen molar-refractivity contribution in [2.45, 2.75) is 17.9 Å². The number of esters is 1. The van der Waals surface area contributed by atoms with Crippen LogP contribution in [0.1, 0.15) is 6.92 Å². The fourth-order valence-electron chi connectivity index (χ4n) is 1.48. The molecule has 0 aromatic heterocycles. The minimum atomic E-state index is -4.11. The van der Waals surface area contributed by atoms with Crippen molar-refractivity contribution in [3.8, 4) is 5.75 Å². The van der Waals surface area contributed by atoms with Crippen LogP contribution in [0.2, 0.25) is 0 Å². The number of carbonyl (C=O) groups is 1. The van der Waals surface area contributed by atoms with Gasteiger partial charge in [-0.2, -0.15) is 4.72 Å². The first-order chi connectivity index (χ1) is 9.22. The highest BCUT2D eigenvalue weighted by Crippen LogP contribution is 2.28. The molecule has 0 amide bonds. The van der Waals surface area contributed by atoms with Crippen molar-refractivity contribution < 1.29 is 27.1 Å². The molecule has 0 aliphatic rings. The second-order valence-electron chi connectivity index (χ2n) is 3.89. The summed E-state index contributed by atoms with van der Waals surface area (Å²) in [5.74, 6) is -1.93. The first-order valence-corrected chi connectivity index (χ1v) is 6.94. The number of hydrogen-bond acceptors (Lipinski definition) is 6. The Bertz CT molecular complexity index is 594. The van der Waals surface area contributed by atoms with Crippen LogP contribution in [-0.4, -0.2) is 34.6 Å². The third kappa shape index (κ3) is 3.36. The van der Waals surface area contributed by atoms with Crippen LogP contribution in [0.5, 0.6) is 5.75 Å². The van der Waals surface area contributed by atoms with E-state index in [1.165, 1.54) is 14.0 Å². The van der Waals surface area contributed by atoms with Crippen molar-refractivity contribution in [3.63, 3.8) is 0 Å². The molecule has 0 radical (unpaired) electrons. The lowest BCUT2D eigenvalue weighted by Crippen LogP contribution is -2.39. The van der Waals surface area contributed by atoms with Gasteiger partial charge >= 0.3 is 5.97 Å². The molecule has 20 heavy (non-hydrogen) atoms. The molecule has 7 nitrogen and oxygen atoms in total. The Kier molecular flexibility index (Phi) is 4.90. The van der Waals surface area contributed by atoms with Gasteiger partial charge in [-0.25, -0.2) is 12.8 Å². The average molecular weight is 306 g/mol. The summed E-state index contributed by atoms with van der Waals surface area (Å²) in [6, 6.07) is 0.673. The summed E-state index contributed by atoms with van der Waals surface area (Å²) < 4.78 is 48.7. The summed E-state index contributed by atoms with van der Waals surface area (Å²) >= 11 is 0. The van der Waals surface area contributed by atoms with Crippen LogP contribution in [-0.2, 0) is 19.6 Å². The van der Waals surface area contributed by atoms with Gasteiger partial charge in [-0.3, -0.25) is 4.79 Å². The highest BCUT2D eigenvalue weighted by molar-refractivity contribution is 7.89. The molecule has 112 valence electrons. The van der Waals surface area contributed by atoms with Gasteiger partial charge in [0.05, 0.1) is 24.8 Å². The zero-order chi connectivity index (χ0) is 15.5. The van der Waals surface area contributed by atoms with Gasteiger partial charge in [0.1, 0.15) is 6.04 Å². The zero-order valence-corrected chi connectivity index (χ0v) is 12.0. The van der Waals surface area contributed by atoms with Gasteiger partial charge < -0.3 is 15.2 Å². The second-order valence-corrected chi connectivity index (χ2v) is 5.61. The van der Waals surface area contributed by atoms with Crippen LogP contribution < -0.4 is 15.2 Å². The van der Waals surface area contributed by atoms with E-state index in [0.717, 1.165) is 19.2 Å². The second kappa shape index (κ2) is 6.06. The number of nitrogens with one attached hydrogen (secondary N) is 1. The highest BCUT2D eigenvalue weighted by atomic mass is 32.2. The smallest absolute Gasteiger partial charge is 0.323 e. The Morgan fingerprint density at radius 3 is 2.45 bits per heavy atom. The van der Waals surface area contributed by atoms with Gasteiger partial charge in [0.2, 0.25) is 10.0 Å². The third-order valence-corrected chi connectivity index (χ3v) is 3.97. The molecule has 1 aromatic rings. The molecule has 0 saturated carbocycles. The summed E-state index contributed by atoms with van der Waals surface area (Å²) in [5, 5.41) is 0. The summed E-state index contributed by atoms with van der Waals surface area (Å²) in [7, 11) is -1.78. The van der Waals surface area contributed by atoms with Crippen LogP contribution in [0.15, 0.2) is 17.0 Å². The van der Waals surface area contributed by atoms with Crippen molar-refractivity contribution in [2.75, 3.05) is 20.0 Å². The monoisotopic (exact) mass is 306 g/mol. The predicted molar refractivity (Wildman–Crippen MR) is 69.2 cm³/mol. The maximum Gasteiger partial charge on any atom is 0.323 e. The van der Waals surface area contributed by atoms with Crippen molar-refractivity contribution in [1.29, 1.82) is 0 Å².